The number of fused-ring (bicyclic) bond motifs is 2. The van der Waals surface area contributed by atoms with E-state index >= 15 is 0 Å². The lowest BCUT2D eigenvalue weighted by Crippen LogP contribution is -2.58. The van der Waals surface area contributed by atoms with E-state index in [9.17, 15) is 22.8 Å². The number of nitrogens with zero attached hydrogens (tertiary/aromatic N) is 5. The molecule has 0 radical (unpaired) electrons. The van der Waals surface area contributed by atoms with Gasteiger partial charge in [0.1, 0.15) is 12.1 Å². The summed E-state index contributed by atoms with van der Waals surface area (Å²) in [7, 11) is 0. The lowest BCUT2D eigenvalue weighted by molar-refractivity contribution is -0.142. The van der Waals surface area contributed by atoms with Crippen molar-refractivity contribution in [2.24, 2.45) is 0 Å². The number of hydrogen-bond acceptors (Lipinski definition) is 6. The molecule has 12 heteroatoms. The van der Waals surface area contributed by atoms with Crippen molar-refractivity contribution in [3.63, 3.8) is 0 Å². The van der Waals surface area contributed by atoms with Crippen LogP contribution in [0.15, 0.2) is 30.7 Å². The summed E-state index contributed by atoms with van der Waals surface area (Å²) in [6.45, 7) is 4.83. The summed E-state index contributed by atoms with van der Waals surface area (Å²) in [6, 6.07) is 3.45. The van der Waals surface area contributed by atoms with Gasteiger partial charge >= 0.3 is 6.18 Å². The van der Waals surface area contributed by atoms with Gasteiger partial charge in [0.2, 0.25) is 0 Å². The summed E-state index contributed by atoms with van der Waals surface area (Å²) in [5.74, 6) is -0.621. The topological polar surface area (TPSA) is 102 Å². The van der Waals surface area contributed by atoms with Crippen molar-refractivity contribution in [2.75, 3.05) is 24.7 Å². The van der Waals surface area contributed by atoms with Gasteiger partial charge in [-0.15, -0.1) is 0 Å². The number of carbonyl (C=O) groups is 2. The molecular weight excluding hydrogens is 477 g/mol. The third-order valence-electron chi connectivity index (χ3n) is 6.37. The van der Waals surface area contributed by atoms with E-state index in [2.05, 4.69) is 15.4 Å². The first-order valence-corrected chi connectivity index (χ1v) is 11.3. The van der Waals surface area contributed by atoms with E-state index in [4.69, 9.17) is 9.72 Å². The van der Waals surface area contributed by atoms with E-state index in [0.29, 0.717) is 45.9 Å². The lowest BCUT2D eigenvalue weighted by Gasteiger charge is -2.44. The Kier molecular flexibility index (Phi) is 5.58. The van der Waals surface area contributed by atoms with Crippen LogP contribution in [0.1, 0.15) is 44.6 Å². The highest BCUT2D eigenvalue weighted by molar-refractivity contribution is 6.13. The smallest absolute Gasteiger partial charge is 0.375 e. The zero-order valence-corrected chi connectivity index (χ0v) is 19.8. The molecule has 0 bridgehead atoms. The standard InChI is InChI=1S/C24H23F3N6O3/c1-4-28-21(34)17-6-15(7-29-14(17)3)18-5-13(2)19-20(31-18)23(11-36-12-23)33(22(19)35)16-8-30-32(9-16)10-24(25,26)27/h5-9H,4,10-12H2,1-3H3,(H,28,34). The van der Waals surface area contributed by atoms with Crippen molar-refractivity contribution >= 4 is 17.5 Å². The quantitative estimate of drug-likeness (QED) is 0.578. The maximum atomic E-state index is 13.5. The highest BCUT2D eigenvalue weighted by atomic mass is 19.4. The highest BCUT2D eigenvalue weighted by Crippen LogP contribution is 2.47. The van der Waals surface area contributed by atoms with E-state index in [1.807, 2.05) is 6.92 Å². The molecule has 3 aromatic rings. The SMILES string of the molecule is CCNC(=O)c1cc(-c2cc(C)c3c(n2)C2(COC2)N(c2cnn(CC(F)(F)F)c2)C3=O)cnc1C. The van der Waals surface area contributed by atoms with Gasteiger partial charge in [0.25, 0.3) is 11.8 Å². The minimum Gasteiger partial charge on any atom is -0.375 e. The van der Waals surface area contributed by atoms with Gasteiger partial charge in [-0.1, -0.05) is 0 Å². The van der Waals surface area contributed by atoms with Gasteiger partial charge in [0.15, 0.2) is 0 Å². The zero-order valence-electron chi connectivity index (χ0n) is 19.8. The van der Waals surface area contributed by atoms with Gasteiger partial charge in [-0.3, -0.25) is 24.2 Å². The summed E-state index contributed by atoms with van der Waals surface area (Å²) < 4.78 is 44.8. The Bertz CT molecular complexity index is 1380. The molecule has 1 fully saturated rings. The number of aromatic nitrogens is 4. The number of nitrogens with one attached hydrogen (secondary N) is 1. The monoisotopic (exact) mass is 500 g/mol. The molecule has 2 aliphatic heterocycles. The highest BCUT2D eigenvalue weighted by Gasteiger charge is 2.58. The van der Waals surface area contributed by atoms with E-state index in [0.717, 1.165) is 4.68 Å². The fraction of sp³-hybridized carbons (Fsp3) is 0.375. The Morgan fingerprint density at radius 2 is 1.97 bits per heavy atom. The molecule has 0 atom stereocenters. The third-order valence-corrected chi connectivity index (χ3v) is 6.37. The first-order valence-electron chi connectivity index (χ1n) is 11.3. The molecule has 1 spiro atoms. The fourth-order valence-electron chi connectivity index (χ4n) is 4.66. The van der Waals surface area contributed by atoms with Crippen LogP contribution in [0.3, 0.4) is 0 Å². The van der Waals surface area contributed by atoms with E-state index in [-0.39, 0.29) is 30.7 Å². The van der Waals surface area contributed by atoms with Gasteiger partial charge in [-0.25, -0.2) is 4.98 Å². The van der Waals surface area contributed by atoms with Crippen molar-refractivity contribution in [1.82, 2.24) is 25.1 Å². The Balaban J connectivity index is 1.57. The minimum atomic E-state index is -4.44. The largest absolute Gasteiger partial charge is 0.408 e. The van der Waals surface area contributed by atoms with Gasteiger partial charge in [-0.2, -0.15) is 18.3 Å². The molecule has 1 N–H and O–H groups in total. The molecule has 0 aromatic carbocycles. The Morgan fingerprint density at radius 1 is 1.22 bits per heavy atom. The number of rotatable bonds is 5. The molecular formula is C24H23F3N6O3. The Labute approximate surface area is 204 Å². The van der Waals surface area contributed by atoms with Crippen LogP contribution in [0.25, 0.3) is 11.3 Å². The van der Waals surface area contributed by atoms with Gasteiger partial charge < -0.3 is 10.1 Å². The predicted octanol–water partition coefficient (Wildman–Crippen LogP) is 3.15. The van der Waals surface area contributed by atoms with E-state index in [1.165, 1.54) is 17.3 Å². The number of carbonyl (C=O) groups excluding carboxylic acids is 2. The first-order chi connectivity index (χ1) is 17.0. The molecule has 0 saturated carbocycles. The van der Waals surface area contributed by atoms with Crippen LogP contribution in [0.5, 0.6) is 0 Å². The van der Waals surface area contributed by atoms with Crippen LogP contribution in [-0.2, 0) is 16.8 Å². The average molecular weight is 500 g/mol. The number of pyridine rings is 2. The van der Waals surface area contributed by atoms with Crippen molar-refractivity contribution in [3.05, 3.63) is 58.8 Å². The van der Waals surface area contributed by atoms with Crippen LogP contribution in [0.4, 0.5) is 18.9 Å². The second-order valence-corrected chi connectivity index (χ2v) is 8.94. The number of amides is 2. The normalized spacial score (nSPS) is 16.3. The van der Waals surface area contributed by atoms with Crippen LogP contribution < -0.4 is 10.2 Å². The Hall–Kier alpha value is -3.80. The summed E-state index contributed by atoms with van der Waals surface area (Å²) in [6.07, 6.45) is -0.378. The molecule has 0 aliphatic carbocycles. The number of ether oxygens (including phenoxy) is 1. The van der Waals surface area contributed by atoms with Crippen LogP contribution in [-0.4, -0.2) is 57.5 Å². The molecule has 188 valence electrons. The molecule has 1 saturated heterocycles. The molecule has 2 aliphatic rings. The summed E-state index contributed by atoms with van der Waals surface area (Å²) in [5.41, 5.74) is 2.92. The number of aryl methyl sites for hydroxylation is 2. The van der Waals surface area contributed by atoms with Crippen molar-refractivity contribution in [3.8, 4) is 11.3 Å². The Morgan fingerprint density at radius 3 is 2.61 bits per heavy atom. The zero-order chi connectivity index (χ0) is 25.8. The second kappa shape index (κ2) is 8.40. The van der Waals surface area contributed by atoms with Gasteiger partial charge in [0.05, 0.1) is 53.3 Å². The molecule has 5 heterocycles. The average Bonchev–Trinajstić information content (AvgIpc) is 3.32. The van der Waals surface area contributed by atoms with Gasteiger partial charge in [0, 0.05) is 24.5 Å². The van der Waals surface area contributed by atoms with Crippen molar-refractivity contribution in [2.45, 2.75) is 39.0 Å². The number of halogens is 3. The van der Waals surface area contributed by atoms with E-state index < -0.39 is 18.3 Å². The lowest BCUT2D eigenvalue weighted by atomic mass is 9.90. The third kappa shape index (κ3) is 3.81. The molecule has 3 aromatic heterocycles. The van der Waals surface area contributed by atoms with Crippen molar-refractivity contribution in [1.29, 1.82) is 0 Å². The van der Waals surface area contributed by atoms with Crippen LogP contribution in [0, 0.1) is 13.8 Å². The number of anilines is 1. The summed E-state index contributed by atoms with van der Waals surface area (Å²) in [4.78, 5) is 36.6. The fourth-order valence-corrected chi connectivity index (χ4v) is 4.66. The number of hydrogen-bond donors (Lipinski definition) is 1. The molecule has 2 amide bonds. The molecule has 0 unspecified atom stereocenters. The molecule has 9 nitrogen and oxygen atoms in total. The first kappa shape index (κ1) is 23.9. The van der Waals surface area contributed by atoms with Crippen LogP contribution >= 0.6 is 0 Å². The molecule has 36 heavy (non-hydrogen) atoms. The number of alkyl halides is 3. The minimum absolute atomic E-state index is 0.141. The van der Waals surface area contributed by atoms with Crippen LogP contribution in [0.2, 0.25) is 0 Å². The second-order valence-electron chi connectivity index (χ2n) is 8.94. The van der Waals surface area contributed by atoms with E-state index in [1.54, 1.807) is 32.2 Å². The summed E-state index contributed by atoms with van der Waals surface area (Å²) in [5, 5.41) is 6.57. The molecule has 5 rings (SSSR count). The van der Waals surface area contributed by atoms with Gasteiger partial charge in [-0.05, 0) is 38.5 Å². The van der Waals surface area contributed by atoms with Crippen molar-refractivity contribution < 1.29 is 27.5 Å². The summed E-state index contributed by atoms with van der Waals surface area (Å²) >= 11 is 0. The maximum absolute atomic E-state index is 13.5. The maximum Gasteiger partial charge on any atom is 0.408 e. The predicted molar refractivity (Wildman–Crippen MR) is 123 cm³/mol.